The third-order valence-corrected chi connectivity index (χ3v) is 2.03. The van der Waals surface area contributed by atoms with Gasteiger partial charge in [-0.15, -0.1) is 0 Å². The summed E-state index contributed by atoms with van der Waals surface area (Å²) < 4.78 is 0. The molecule has 0 heterocycles. The van der Waals surface area contributed by atoms with Gasteiger partial charge < -0.3 is 15.3 Å². The highest BCUT2D eigenvalue weighted by atomic mass is 16.4. The van der Waals surface area contributed by atoms with Crippen LogP contribution >= 0.6 is 0 Å². The number of carboxylic acids is 1. The van der Waals surface area contributed by atoms with Crippen LogP contribution in [0.5, 0.6) is 0 Å². The van der Waals surface area contributed by atoms with E-state index in [9.17, 15) is 9.59 Å². The fourth-order valence-corrected chi connectivity index (χ4v) is 1.28. The van der Waals surface area contributed by atoms with Gasteiger partial charge >= 0.3 is 12.0 Å². The highest BCUT2D eigenvalue weighted by Gasteiger charge is 2.20. The van der Waals surface area contributed by atoms with Gasteiger partial charge in [-0.2, -0.15) is 0 Å². The van der Waals surface area contributed by atoms with Gasteiger partial charge in [0.1, 0.15) is 6.04 Å². The van der Waals surface area contributed by atoms with Gasteiger partial charge in [0.2, 0.25) is 0 Å². The van der Waals surface area contributed by atoms with E-state index >= 15 is 0 Å². The van der Waals surface area contributed by atoms with Crippen LogP contribution in [0.3, 0.4) is 0 Å². The van der Waals surface area contributed by atoms with Crippen molar-refractivity contribution in [3.8, 4) is 0 Å². The molecule has 16 heavy (non-hydrogen) atoms. The van der Waals surface area contributed by atoms with Gasteiger partial charge in [0.05, 0.1) is 0 Å². The van der Waals surface area contributed by atoms with E-state index < -0.39 is 12.0 Å². The summed E-state index contributed by atoms with van der Waals surface area (Å²) >= 11 is 0. The van der Waals surface area contributed by atoms with Gasteiger partial charge in [-0.25, -0.2) is 9.59 Å². The zero-order valence-electron chi connectivity index (χ0n) is 10.1. The molecule has 0 aliphatic heterocycles. The van der Waals surface area contributed by atoms with Crippen LogP contribution in [-0.2, 0) is 4.79 Å². The summed E-state index contributed by atoms with van der Waals surface area (Å²) in [5.41, 5.74) is 0.847. The Kier molecular flexibility index (Phi) is 6.22. The van der Waals surface area contributed by atoms with Crippen molar-refractivity contribution in [2.45, 2.75) is 32.7 Å². The summed E-state index contributed by atoms with van der Waals surface area (Å²) in [4.78, 5) is 23.8. The topological polar surface area (TPSA) is 69.6 Å². The zero-order chi connectivity index (χ0) is 12.7. The number of carbonyl (C=O) groups is 2. The van der Waals surface area contributed by atoms with Crippen LogP contribution in [0.4, 0.5) is 4.79 Å². The van der Waals surface area contributed by atoms with Crippen LogP contribution in [0.25, 0.3) is 0 Å². The second kappa shape index (κ2) is 6.87. The van der Waals surface area contributed by atoms with Gasteiger partial charge in [-0.05, 0) is 13.3 Å². The first-order chi connectivity index (χ1) is 7.38. The number of nitrogens with zero attached hydrogens (tertiary/aromatic N) is 1. The lowest BCUT2D eigenvalue weighted by Gasteiger charge is -2.21. The van der Waals surface area contributed by atoms with Crippen LogP contribution in [0.1, 0.15) is 26.7 Å². The molecule has 0 aromatic heterocycles. The first-order valence-corrected chi connectivity index (χ1v) is 5.27. The number of nitrogens with one attached hydrogen (secondary N) is 1. The predicted molar refractivity (Wildman–Crippen MR) is 62.3 cm³/mol. The fraction of sp³-hybridized carbons (Fsp3) is 0.636. The number of urea groups is 1. The normalized spacial score (nSPS) is 11.7. The molecule has 5 nitrogen and oxygen atoms in total. The lowest BCUT2D eigenvalue weighted by atomic mass is 10.2. The molecular formula is C11H20N2O3. The standard InChI is InChI=1S/C11H20N2O3/c1-5-6-9(10(14)15)12-11(16)13(4)7-8(2)3/h9H,2,5-7H2,1,3-4H3,(H,12,16)(H,14,15)/t9-/m1/s1. The Morgan fingerprint density at radius 1 is 1.50 bits per heavy atom. The molecule has 0 saturated carbocycles. The fourth-order valence-electron chi connectivity index (χ4n) is 1.28. The van der Waals surface area contributed by atoms with E-state index in [1.165, 1.54) is 4.90 Å². The van der Waals surface area contributed by atoms with Crippen molar-refractivity contribution >= 4 is 12.0 Å². The maximum Gasteiger partial charge on any atom is 0.326 e. The third kappa shape index (κ3) is 5.38. The molecule has 5 heteroatoms. The van der Waals surface area contributed by atoms with Gasteiger partial charge in [0.25, 0.3) is 0 Å². The monoisotopic (exact) mass is 228 g/mol. The molecule has 0 aliphatic carbocycles. The van der Waals surface area contributed by atoms with Crippen LogP contribution in [0.15, 0.2) is 12.2 Å². The number of carboxylic acid groups (broad SMARTS) is 1. The second-order valence-corrected chi connectivity index (χ2v) is 3.94. The smallest absolute Gasteiger partial charge is 0.326 e. The molecule has 2 amide bonds. The van der Waals surface area contributed by atoms with Crippen LogP contribution in [0.2, 0.25) is 0 Å². The van der Waals surface area contributed by atoms with Crippen molar-refractivity contribution in [1.82, 2.24) is 10.2 Å². The van der Waals surface area contributed by atoms with E-state index in [4.69, 9.17) is 5.11 Å². The van der Waals surface area contributed by atoms with E-state index in [-0.39, 0.29) is 6.03 Å². The van der Waals surface area contributed by atoms with Crippen molar-refractivity contribution < 1.29 is 14.7 Å². The average molecular weight is 228 g/mol. The summed E-state index contributed by atoms with van der Waals surface area (Å²) in [6, 6.07) is -1.20. The quantitative estimate of drug-likeness (QED) is 0.676. The first kappa shape index (κ1) is 14.5. The summed E-state index contributed by atoms with van der Waals surface area (Å²) in [5.74, 6) is -1.00. The minimum atomic E-state index is -1.00. The lowest BCUT2D eigenvalue weighted by molar-refractivity contribution is -0.139. The minimum absolute atomic E-state index is 0.385. The minimum Gasteiger partial charge on any atom is -0.480 e. The molecule has 2 N–H and O–H groups in total. The highest BCUT2D eigenvalue weighted by Crippen LogP contribution is 1.99. The number of hydrogen-bond acceptors (Lipinski definition) is 2. The number of aliphatic carboxylic acids is 1. The van der Waals surface area contributed by atoms with E-state index in [2.05, 4.69) is 11.9 Å². The van der Waals surface area contributed by atoms with Crippen molar-refractivity contribution in [1.29, 1.82) is 0 Å². The summed E-state index contributed by atoms with van der Waals surface area (Å²) in [6.45, 7) is 7.80. The molecule has 0 radical (unpaired) electrons. The molecule has 0 rings (SSSR count). The highest BCUT2D eigenvalue weighted by molar-refractivity contribution is 5.82. The molecule has 0 aliphatic rings. The van der Waals surface area contributed by atoms with Gasteiger partial charge in [0, 0.05) is 13.6 Å². The molecule has 0 bridgehead atoms. The van der Waals surface area contributed by atoms with Crippen LogP contribution in [-0.4, -0.2) is 41.6 Å². The van der Waals surface area contributed by atoms with E-state index in [0.29, 0.717) is 19.4 Å². The Bertz CT molecular complexity index is 276. The molecule has 0 spiro atoms. The van der Waals surface area contributed by atoms with E-state index in [0.717, 1.165) is 5.57 Å². The Labute approximate surface area is 96.1 Å². The number of amides is 2. The Morgan fingerprint density at radius 3 is 2.44 bits per heavy atom. The molecule has 0 aromatic carbocycles. The third-order valence-electron chi connectivity index (χ3n) is 2.03. The van der Waals surface area contributed by atoms with Crippen molar-refractivity contribution in [3.05, 3.63) is 12.2 Å². The summed E-state index contributed by atoms with van der Waals surface area (Å²) in [5, 5.41) is 11.3. The molecule has 0 fully saturated rings. The SMILES string of the molecule is C=C(C)CN(C)C(=O)N[C@H](CCC)C(=O)O. The van der Waals surface area contributed by atoms with Gasteiger partial charge in [0.15, 0.2) is 0 Å². The van der Waals surface area contributed by atoms with Crippen LogP contribution in [0, 0.1) is 0 Å². The molecule has 0 saturated heterocycles. The van der Waals surface area contributed by atoms with Gasteiger partial charge in [-0.3, -0.25) is 0 Å². The number of likely N-dealkylation sites (N-methyl/N-ethyl adjacent to an activating group) is 1. The maximum atomic E-state index is 11.6. The molecule has 0 unspecified atom stereocenters. The van der Waals surface area contributed by atoms with Gasteiger partial charge in [-0.1, -0.05) is 25.5 Å². The van der Waals surface area contributed by atoms with Crippen molar-refractivity contribution in [2.24, 2.45) is 0 Å². The number of carbonyl (C=O) groups excluding carboxylic acids is 1. The molecule has 0 aromatic rings. The Morgan fingerprint density at radius 2 is 2.06 bits per heavy atom. The first-order valence-electron chi connectivity index (χ1n) is 5.27. The van der Waals surface area contributed by atoms with Crippen LogP contribution < -0.4 is 5.32 Å². The molecular weight excluding hydrogens is 208 g/mol. The average Bonchev–Trinajstić information content (AvgIpc) is 2.15. The second-order valence-electron chi connectivity index (χ2n) is 3.94. The zero-order valence-corrected chi connectivity index (χ0v) is 10.1. The van der Waals surface area contributed by atoms with E-state index in [1.807, 2.05) is 13.8 Å². The largest absolute Gasteiger partial charge is 0.480 e. The lowest BCUT2D eigenvalue weighted by Crippen LogP contribution is -2.46. The maximum absolute atomic E-state index is 11.6. The van der Waals surface area contributed by atoms with Crippen molar-refractivity contribution in [3.63, 3.8) is 0 Å². The Balaban J connectivity index is 4.28. The Hall–Kier alpha value is -1.52. The molecule has 92 valence electrons. The van der Waals surface area contributed by atoms with Crippen molar-refractivity contribution in [2.75, 3.05) is 13.6 Å². The molecule has 1 atom stereocenters. The van der Waals surface area contributed by atoms with E-state index in [1.54, 1.807) is 7.05 Å². The summed E-state index contributed by atoms with van der Waals surface area (Å²) in [6.07, 6.45) is 1.14. The number of rotatable bonds is 6. The summed E-state index contributed by atoms with van der Waals surface area (Å²) in [7, 11) is 1.61. The predicted octanol–water partition coefficient (Wildman–Crippen LogP) is 1.46. The number of hydrogen-bond donors (Lipinski definition) is 2.